The minimum atomic E-state index is -1.06. The molecule has 9 heavy (non-hydrogen) atoms. The molecule has 0 aromatic carbocycles. The average Bonchev–Trinajstić information content (AvgIpc) is 1.79. The summed E-state index contributed by atoms with van der Waals surface area (Å²) in [6.07, 6.45) is 0. The van der Waals surface area contributed by atoms with Gasteiger partial charge in [0, 0.05) is 6.54 Å². The monoisotopic (exact) mass is 133 g/mol. The van der Waals surface area contributed by atoms with Gasteiger partial charge in [0.2, 0.25) is 0 Å². The maximum absolute atomic E-state index is 12.9. The maximum atomic E-state index is 12.9. The number of ether oxygens (including phenoxy) is 1. The first kappa shape index (κ1) is 6.96. The number of halogens is 1. The van der Waals surface area contributed by atoms with E-state index in [9.17, 15) is 4.39 Å². The van der Waals surface area contributed by atoms with Crippen molar-refractivity contribution in [2.75, 3.05) is 26.3 Å². The number of hydrogen-bond donors (Lipinski definition) is 1. The molecule has 1 aliphatic heterocycles. The average molecular weight is 133 g/mol. The highest BCUT2D eigenvalue weighted by Crippen LogP contribution is 2.19. The van der Waals surface area contributed by atoms with Gasteiger partial charge in [-0.2, -0.15) is 0 Å². The molecule has 0 amide bonds. The second kappa shape index (κ2) is 2.62. The first-order chi connectivity index (χ1) is 4.27. The van der Waals surface area contributed by atoms with Crippen molar-refractivity contribution in [3.63, 3.8) is 0 Å². The van der Waals surface area contributed by atoms with Gasteiger partial charge in [0.1, 0.15) is 0 Å². The third-order valence-electron chi connectivity index (χ3n) is 1.41. The fourth-order valence-corrected chi connectivity index (χ4v) is 0.775. The molecule has 0 unspecified atom stereocenters. The zero-order valence-electron chi connectivity index (χ0n) is 5.61. The lowest BCUT2D eigenvalue weighted by atomic mass is 10.1. The summed E-state index contributed by atoms with van der Waals surface area (Å²) in [6.45, 7) is 3.75. The van der Waals surface area contributed by atoms with Crippen LogP contribution < -0.4 is 5.32 Å². The van der Waals surface area contributed by atoms with E-state index in [1.165, 1.54) is 0 Å². The maximum Gasteiger partial charge on any atom is 0.169 e. The lowest BCUT2D eigenvalue weighted by Gasteiger charge is -2.33. The van der Waals surface area contributed by atoms with Crippen molar-refractivity contribution in [2.45, 2.75) is 12.6 Å². The summed E-state index contributed by atoms with van der Waals surface area (Å²) < 4.78 is 17.6. The molecular formula is C6H12FNO. The molecule has 1 fully saturated rings. The van der Waals surface area contributed by atoms with Gasteiger partial charge in [0.15, 0.2) is 5.67 Å². The molecule has 54 valence electrons. The van der Waals surface area contributed by atoms with Gasteiger partial charge in [0.05, 0.1) is 13.2 Å². The Balaban J connectivity index is 2.09. The summed E-state index contributed by atoms with van der Waals surface area (Å²) in [5, 5.41) is 2.94. The molecular weight excluding hydrogens is 121 g/mol. The van der Waals surface area contributed by atoms with Crippen molar-refractivity contribution in [3.05, 3.63) is 0 Å². The van der Waals surface area contributed by atoms with Crippen LogP contribution in [0.15, 0.2) is 0 Å². The largest absolute Gasteiger partial charge is 0.375 e. The molecule has 0 atom stereocenters. The van der Waals surface area contributed by atoms with Crippen molar-refractivity contribution in [2.24, 2.45) is 0 Å². The van der Waals surface area contributed by atoms with E-state index < -0.39 is 5.67 Å². The van der Waals surface area contributed by atoms with Crippen LogP contribution in [0.25, 0.3) is 0 Å². The fourth-order valence-electron chi connectivity index (χ4n) is 0.775. The Labute approximate surface area is 54.4 Å². The van der Waals surface area contributed by atoms with Crippen LogP contribution in [0.2, 0.25) is 0 Å². The van der Waals surface area contributed by atoms with Gasteiger partial charge in [-0.15, -0.1) is 0 Å². The number of hydrogen-bond acceptors (Lipinski definition) is 2. The highest BCUT2D eigenvalue weighted by molar-refractivity contribution is 4.87. The topological polar surface area (TPSA) is 21.3 Å². The summed E-state index contributed by atoms with van der Waals surface area (Å²) in [4.78, 5) is 0. The van der Waals surface area contributed by atoms with E-state index in [1.807, 2.05) is 6.92 Å². The molecule has 1 N–H and O–H groups in total. The predicted octanol–water partition coefficient (Wildman–Crippen LogP) is 0.334. The Morgan fingerprint density at radius 3 is 2.67 bits per heavy atom. The molecule has 0 spiro atoms. The predicted molar refractivity (Wildman–Crippen MR) is 33.2 cm³/mol. The Kier molecular flexibility index (Phi) is 2.03. The SMILES string of the molecule is CCNCC1(F)COC1. The molecule has 1 saturated heterocycles. The van der Waals surface area contributed by atoms with Gasteiger partial charge in [-0.1, -0.05) is 6.92 Å². The summed E-state index contributed by atoms with van der Waals surface area (Å²) in [7, 11) is 0. The van der Waals surface area contributed by atoms with Crippen molar-refractivity contribution in [3.8, 4) is 0 Å². The lowest BCUT2D eigenvalue weighted by molar-refractivity contribution is -0.126. The number of nitrogens with one attached hydrogen (secondary N) is 1. The molecule has 0 aromatic rings. The van der Waals surface area contributed by atoms with Crippen LogP contribution >= 0.6 is 0 Å². The molecule has 3 heteroatoms. The van der Waals surface area contributed by atoms with Crippen molar-refractivity contribution >= 4 is 0 Å². The molecule has 0 radical (unpaired) electrons. The first-order valence-corrected chi connectivity index (χ1v) is 3.24. The molecule has 1 heterocycles. The molecule has 0 saturated carbocycles. The zero-order chi connectivity index (χ0) is 6.74. The van der Waals surface area contributed by atoms with E-state index in [-0.39, 0.29) is 13.2 Å². The first-order valence-electron chi connectivity index (χ1n) is 3.24. The quantitative estimate of drug-likeness (QED) is 0.599. The van der Waals surface area contributed by atoms with Gasteiger partial charge >= 0.3 is 0 Å². The van der Waals surface area contributed by atoms with Crippen LogP contribution in [0.3, 0.4) is 0 Å². The van der Waals surface area contributed by atoms with E-state index in [0.717, 1.165) is 6.54 Å². The summed E-state index contributed by atoms with van der Waals surface area (Å²) in [5.74, 6) is 0. The van der Waals surface area contributed by atoms with Crippen LogP contribution in [0.5, 0.6) is 0 Å². The van der Waals surface area contributed by atoms with Crippen molar-refractivity contribution in [1.82, 2.24) is 5.32 Å². The highest BCUT2D eigenvalue weighted by atomic mass is 19.1. The lowest BCUT2D eigenvalue weighted by Crippen LogP contribution is -2.52. The van der Waals surface area contributed by atoms with Crippen LogP contribution in [-0.2, 0) is 4.74 Å². The van der Waals surface area contributed by atoms with Gasteiger partial charge in [-0.05, 0) is 6.54 Å². The third kappa shape index (κ3) is 1.63. The van der Waals surface area contributed by atoms with E-state index in [0.29, 0.717) is 6.54 Å². The van der Waals surface area contributed by atoms with E-state index in [2.05, 4.69) is 5.32 Å². The highest BCUT2D eigenvalue weighted by Gasteiger charge is 2.37. The number of rotatable bonds is 3. The van der Waals surface area contributed by atoms with E-state index >= 15 is 0 Å². The smallest absolute Gasteiger partial charge is 0.169 e. The Morgan fingerprint density at radius 2 is 2.33 bits per heavy atom. The molecule has 0 aromatic heterocycles. The normalized spacial score (nSPS) is 23.3. The second-order valence-corrected chi connectivity index (χ2v) is 2.42. The van der Waals surface area contributed by atoms with Crippen molar-refractivity contribution in [1.29, 1.82) is 0 Å². The van der Waals surface area contributed by atoms with Crippen LogP contribution in [0.1, 0.15) is 6.92 Å². The fraction of sp³-hybridized carbons (Fsp3) is 1.00. The zero-order valence-corrected chi connectivity index (χ0v) is 5.61. The molecule has 1 rings (SSSR count). The molecule has 1 aliphatic rings. The van der Waals surface area contributed by atoms with Gasteiger partial charge in [-0.3, -0.25) is 0 Å². The minimum absolute atomic E-state index is 0.264. The minimum Gasteiger partial charge on any atom is -0.375 e. The molecule has 0 aliphatic carbocycles. The molecule has 0 bridgehead atoms. The van der Waals surface area contributed by atoms with Crippen LogP contribution in [-0.4, -0.2) is 32.0 Å². The standard InChI is InChI=1S/C6H12FNO/c1-2-8-3-6(7)4-9-5-6/h8H,2-5H2,1H3. The van der Waals surface area contributed by atoms with Gasteiger partial charge < -0.3 is 10.1 Å². The van der Waals surface area contributed by atoms with E-state index in [1.54, 1.807) is 0 Å². The summed E-state index contributed by atoms with van der Waals surface area (Å²) >= 11 is 0. The Bertz CT molecular complexity index is 93.1. The second-order valence-electron chi connectivity index (χ2n) is 2.42. The molecule has 2 nitrogen and oxygen atoms in total. The third-order valence-corrected chi connectivity index (χ3v) is 1.41. The van der Waals surface area contributed by atoms with Crippen molar-refractivity contribution < 1.29 is 9.13 Å². The van der Waals surface area contributed by atoms with Crippen LogP contribution in [0.4, 0.5) is 4.39 Å². The summed E-state index contributed by atoms with van der Waals surface area (Å²) in [5.41, 5.74) is -1.06. The van der Waals surface area contributed by atoms with E-state index in [4.69, 9.17) is 4.74 Å². The van der Waals surface area contributed by atoms with Gasteiger partial charge in [-0.25, -0.2) is 4.39 Å². The Morgan fingerprint density at radius 1 is 1.67 bits per heavy atom. The van der Waals surface area contributed by atoms with Crippen LogP contribution in [0, 0.1) is 0 Å². The van der Waals surface area contributed by atoms with Gasteiger partial charge in [0.25, 0.3) is 0 Å². The Hall–Kier alpha value is -0.150. The number of alkyl halides is 1. The summed E-state index contributed by atoms with van der Waals surface area (Å²) in [6, 6.07) is 0.